The van der Waals surface area contributed by atoms with Gasteiger partial charge in [-0.3, -0.25) is 0 Å². The van der Waals surface area contributed by atoms with Gasteiger partial charge in [-0.2, -0.15) is 0 Å². The predicted molar refractivity (Wildman–Crippen MR) is 213 cm³/mol. The first kappa shape index (κ1) is 27.5. The molecule has 1 spiro atoms. The van der Waals surface area contributed by atoms with Gasteiger partial charge >= 0.3 is 286 Å². The van der Waals surface area contributed by atoms with Crippen LogP contribution in [0, 0.1) is 13.8 Å². The van der Waals surface area contributed by atoms with Gasteiger partial charge in [-0.1, -0.05) is 24.3 Å². The fraction of sp³-hybridized carbons (Fsp3) is 0.0638. The molecule has 0 fully saturated rings. The normalized spacial score (nSPS) is 16.2. The molecule has 8 heterocycles. The molecule has 246 valence electrons. The Morgan fingerprint density at radius 3 is 2.06 bits per heavy atom. The molecular weight excluding hydrogens is 714 g/mol. The molecule has 1 atom stereocenters. The SMILES string of the molecule is Cc1c(-c2ccc3c(c2)[se]c2ccccc23)c(C)[n+]2n1-c1cccc3c1C21c2c4c(cc5c6ccccc6n(c25)-c2cccc[n+]21)c1ccccc1n4-3. The van der Waals surface area contributed by atoms with E-state index in [1.807, 2.05) is 0 Å². The van der Waals surface area contributed by atoms with E-state index in [1.165, 1.54) is 114 Å². The molecule has 11 aromatic rings. The van der Waals surface area contributed by atoms with E-state index in [0.717, 1.165) is 0 Å². The molecule has 0 radical (unpaired) electrons. The van der Waals surface area contributed by atoms with Crippen molar-refractivity contribution in [2.24, 2.45) is 0 Å². The Morgan fingerprint density at radius 1 is 0.547 bits per heavy atom. The number of hydrogen-bond acceptors (Lipinski definition) is 0. The van der Waals surface area contributed by atoms with Gasteiger partial charge in [0.15, 0.2) is 0 Å². The molecule has 0 N–H and O–H groups in total. The Hall–Kier alpha value is -6.20. The Labute approximate surface area is 309 Å². The van der Waals surface area contributed by atoms with Gasteiger partial charge in [0, 0.05) is 0 Å². The number of benzene rings is 6. The summed E-state index contributed by atoms with van der Waals surface area (Å²) in [4.78, 5) is 0. The van der Waals surface area contributed by atoms with Crippen LogP contribution in [0.15, 0.2) is 140 Å². The second-order valence-corrected chi connectivity index (χ2v) is 17.3. The van der Waals surface area contributed by atoms with Crippen molar-refractivity contribution in [1.29, 1.82) is 0 Å². The number of aromatic nitrogens is 5. The van der Waals surface area contributed by atoms with E-state index in [1.54, 1.807) is 0 Å². The van der Waals surface area contributed by atoms with Crippen LogP contribution >= 0.6 is 0 Å². The van der Waals surface area contributed by atoms with E-state index in [-0.39, 0.29) is 0 Å². The number of nitrogens with zero attached hydrogens (tertiary/aromatic N) is 5. The van der Waals surface area contributed by atoms with Crippen LogP contribution in [-0.2, 0) is 5.66 Å². The van der Waals surface area contributed by atoms with Gasteiger partial charge in [0.25, 0.3) is 0 Å². The summed E-state index contributed by atoms with van der Waals surface area (Å²) in [5.74, 6) is 1.18. The average molecular weight is 743 g/mol. The van der Waals surface area contributed by atoms with E-state index in [4.69, 9.17) is 0 Å². The molecule has 3 aliphatic rings. The fourth-order valence-corrected chi connectivity index (χ4v) is 13.4. The van der Waals surface area contributed by atoms with E-state index < -0.39 is 5.66 Å². The van der Waals surface area contributed by atoms with Crippen LogP contribution in [-0.4, -0.2) is 28.3 Å². The minimum atomic E-state index is -0.668. The zero-order valence-electron chi connectivity index (χ0n) is 28.9. The van der Waals surface area contributed by atoms with Gasteiger partial charge in [-0.05, 0) is 0 Å². The van der Waals surface area contributed by atoms with Gasteiger partial charge in [-0.15, -0.1) is 0 Å². The molecule has 0 saturated carbocycles. The first-order chi connectivity index (χ1) is 26.2. The van der Waals surface area contributed by atoms with Crippen LogP contribution < -0.4 is 9.25 Å². The van der Waals surface area contributed by atoms with Crippen molar-refractivity contribution in [2.75, 3.05) is 0 Å². The van der Waals surface area contributed by atoms with Crippen molar-refractivity contribution in [1.82, 2.24) is 13.8 Å². The van der Waals surface area contributed by atoms with Crippen LogP contribution in [0.1, 0.15) is 22.5 Å². The molecular formula is C47H29N5Se+2. The van der Waals surface area contributed by atoms with Crippen LogP contribution in [0.5, 0.6) is 0 Å². The number of hydrogen-bond donors (Lipinski definition) is 0. The topological polar surface area (TPSA) is 22.5 Å². The van der Waals surface area contributed by atoms with Crippen LogP contribution in [0.3, 0.4) is 0 Å². The summed E-state index contributed by atoms with van der Waals surface area (Å²) in [6.45, 7) is 4.70. The number of rotatable bonds is 1. The van der Waals surface area contributed by atoms with Crippen LogP contribution in [0.25, 0.3) is 91.2 Å². The molecule has 1 unspecified atom stereocenters. The Bertz CT molecular complexity index is 3520. The molecule has 14 rings (SSSR count). The molecule has 5 nitrogen and oxygen atoms in total. The van der Waals surface area contributed by atoms with E-state index in [0.29, 0.717) is 14.5 Å². The number of pyridine rings is 1. The van der Waals surface area contributed by atoms with Gasteiger partial charge in [-0.25, -0.2) is 0 Å². The summed E-state index contributed by atoms with van der Waals surface area (Å²) < 4.78 is 15.9. The third-order valence-electron chi connectivity index (χ3n) is 12.7. The zero-order valence-corrected chi connectivity index (χ0v) is 30.6. The first-order valence-corrected chi connectivity index (χ1v) is 20.1. The van der Waals surface area contributed by atoms with E-state index >= 15 is 0 Å². The molecule has 0 saturated heterocycles. The van der Waals surface area contributed by atoms with E-state index in [2.05, 4.69) is 177 Å². The maximum atomic E-state index is 2.67. The Kier molecular flexibility index (Phi) is 4.59. The first-order valence-electron chi connectivity index (χ1n) is 18.4. The minimum absolute atomic E-state index is 0.295. The zero-order chi connectivity index (χ0) is 34.5. The summed E-state index contributed by atoms with van der Waals surface area (Å²) in [5.41, 5.74) is 14.8. The Balaban J connectivity index is 1.22. The van der Waals surface area contributed by atoms with Gasteiger partial charge in [0.1, 0.15) is 0 Å². The maximum absolute atomic E-state index is 2.67. The average Bonchev–Trinajstić information content (AvgIpc) is 3.97. The van der Waals surface area contributed by atoms with Crippen molar-refractivity contribution < 1.29 is 9.25 Å². The second kappa shape index (κ2) is 8.87. The predicted octanol–water partition coefficient (Wildman–Crippen LogP) is 9.13. The van der Waals surface area contributed by atoms with Gasteiger partial charge < -0.3 is 0 Å². The molecule has 0 bridgehead atoms. The standard InChI is InChI=1S/C47H29N5Se/c1-26-42(28-21-22-32-31-14-5-8-19-39(31)53-40(32)24-28)27(2)52-47-43-37(17-11-18-38(43)51(26)52)49-35-15-6-3-12-29(35)33-25-34-30-13-4-7-16-36(30)50(46(34)44(47)45(33)49)41-20-9-10-23-48(41)47/h3-25H,1-2H3/q+2. The van der Waals surface area contributed by atoms with Crippen molar-refractivity contribution in [3.05, 3.63) is 162 Å². The number of fused-ring (bicyclic) bond motifs is 14. The van der Waals surface area contributed by atoms with Crippen LogP contribution in [0.4, 0.5) is 0 Å². The van der Waals surface area contributed by atoms with Gasteiger partial charge in [0.05, 0.1) is 0 Å². The summed E-state index contributed by atoms with van der Waals surface area (Å²) in [5, 5.41) is 7.99. The quantitative estimate of drug-likeness (QED) is 0.118. The van der Waals surface area contributed by atoms with Crippen molar-refractivity contribution >= 4 is 77.4 Å². The summed E-state index contributed by atoms with van der Waals surface area (Å²) in [7, 11) is 0. The second-order valence-electron chi connectivity index (χ2n) is 15.0. The van der Waals surface area contributed by atoms with Crippen molar-refractivity contribution in [2.45, 2.75) is 19.5 Å². The Morgan fingerprint density at radius 2 is 1.23 bits per heavy atom. The van der Waals surface area contributed by atoms with Crippen LogP contribution in [0.2, 0.25) is 0 Å². The molecule has 6 aromatic carbocycles. The third kappa shape index (κ3) is 2.81. The molecule has 0 aliphatic carbocycles. The third-order valence-corrected chi connectivity index (χ3v) is 15.1. The monoisotopic (exact) mass is 743 g/mol. The molecule has 6 heteroatoms. The summed E-state index contributed by atoms with van der Waals surface area (Å²) in [6.07, 6.45) is 2.33. The molecule has 3 aliphatic heterocycles. The molecule has 0 amide bonds. The van der Waals surface area contributed by atoms with E-state index in [9.17, 15) is 0 Å². The number of para-hydroxylation sites is 2. The molecule has 5 aromatic heterocycles. The molecule has 53 heavy (non-hydrogen) atoms. The fourth-order valence-electron chi connectivity index (χ4n) is 11.0. The summed E-state index contributed by atoms with van der Waals surface area (Å²) >= 11 is 0.295. The van der Waals surface area contributed by atoms with Crippen molar-refractivity contribution in [3.63, 3.8) is 0 Å². The van der Waals surface area contributed by atoms with Gasteiger partial charge in [0.2, 0.25) is 0 Å². The summed E-state index contributed by atoms with van der Waals surface area (Å²) in [6, 6.07) is 50.4. The van der Waals surface area contributed by atoms with Crippen molar-refractivity contribution in [3.8, 4) is 28.3 Å².